The van der Waals surface area contributed by atoms with Gasteiger partial charge in [0.15, 0.2) is 11.5 Å². The molecule has 1 aromatic carbocycles. The maximum absolute atomic E-state index is 5.79. The normalized spacial score (nSPS) is 27.1. The molecule has 1 saturated heterocycles. The average molecular weight is 248 g/mol. The number of ether oxygens (including phenoxy) is 2. The standard InChI is InChI=1S/C14H20N2O2/c1-10-8-16(9-11(2)15-10)12-4-3-5-13-14(12)18-7-6-17-13/h3-5,10-11,15H,6-9H2,1-2H3. The molecule has 2 heterocycles. The van der Waals surface area contributed by atoms with Gasteiger partial charge in [-0.15, -0.1) is 0 Å². The van der Waals surface area contributed by atoms with Gasteiger partial charge in [0, 0.05) is 25.2 Å². The van der Waals surface area contributed by atoms with Crippen LogP contribution in [0.3, 0.4) is 0 Å². The van der Waals surface area contributed by atoms with Crippen molar-refractivity contribution in [1.82, 2.24) is 5.32 Å². The van der Waals surface area contributed by atoms with E-state index in [-0.39, 0.29) is 0 Å². The Morgan fingerprint density at radius 3 is 2.61 bits per heavy atom. The van der Waals surface area contributed by atoms with E-state index in [1.165, 1.54) is 0 Å². The zero-order chi connectivity index (χ0) is 12.5. The Labute approximate surface area is 108 Å². The van der Waals surface area contributed by atoms with E-state index >= 15 is 0 Å². The van der Waals surface area contributed by atoms with Crippen LogP contribution in [0.25, 0.3) is 0 Å². The third-order valence-corrected chi connectivity index (χ3v) is 3.44. The molecular weight excluding hydrogens is 228 g/mol. The molecule has 0 radical (unpaired) electrons. The van der Waals surface area contributed by atoms with E-state index in [0.29, 0.717) is 25.3 Å². The third-order valence-electron chi connectivity index (χ3n) is 3.44. The van der Waals surface area contributed by atoms with Crippen molar-refractivity contribution in [3.63, 3.8) is 0 Å². The summed E-state index contributed by atoms with van der Waals surface area (Å²) < 4.78 is 11.4. The summed E-state index contributed by atoms with van der Waals surface area (Å²) in [5, 5.41) is 3.55. The van der Waals surface area contributed by atoms with E-state index in [0.717, 1.165) is 30.3 Å². The van der Waals surface area contributed by atoms with Gasteiger partial charge in [0.25, 0.3) is 0 Å². The first-order valence-corrected chi connectivity index (χ1v) is 6.63. The number of nitrogens with zero attached hydrogens (tertiary/aromatic N) is 1. The Kier molecular flexibility index (Phi) is 3.04. The highest BCUT2D eigenvalue weighted by atomic mass is 16.6. The molecule has 2 atom stereocenters. The predicted molar refractivity (Wildman–Crippen MR) is 71.7 cm³/mol. The van der Waals surface area contributed by atoms with E-state index in [1.807, 2.05) is 12.1 Å². The summed E-state index contributed by atoms with van der Waals surface area (Å²) in [6, 6.07) is 7.13. The molecule has 0 aromatic heterocycles. The number of benzene rings is 1. The maximum Gasteiger partial charge on any atom is 0.184 e. The van der Waals surface area contributed by atoms with Crippen LogP contribution in [0.5, 0.6) is 11.5 Å². The fourth-order valence-corrected chi connectivity index (χ4v) is 2.83. The number of para-hydroxylation sites is 1. The van der Waals surface area contributed by atoms with Gasteiger partial charge in [-0.2, -0.15) is 0 Å². The Morgan fingerprint density at radius 1 is 1.11 bits per heavy atom. The molecule has 18 heavy (non-hydrogen) atoms. The Balaban J connectivity index is 1.91. The molecule has 1 aromatic rings. The quantitative estimate of drug-likeness (QED) is 0.819. The van der Waals surface area contributed by atoms with Crippen molar-refractivity contribution in [3.05, 3.63) is 18.2 Å². The summed E-state index contributed by atoms with van der Waals surface area (Å²) in [6.45, 7) is 7.73. The van der Waals surface area contributed by atoms with Crippen LogP contribution in [0.4, 0.5) is 5.69 Å². The van der Waals surface area contributed by atoms with Crippen LogP contribution < -0.4 is 19.7 Å². The fourth-order valence-electron chi connectivity index (χ4n) is 2.83. The first-order chi connectivity index (χ1) is 8.74. The van der Waals surface area contributed by atoms with Crippen LogP contribution in [0.15, 0.2) is 18.2 Å². The minimum Gasteiger partial charge on any atom is -0.486 e. The minimum atomic E-state index is 0.495. The first-order valence-electron chi connectivity index (χ1n) is 6.63. The van der Waals surface area contributed by atoms with Crippen LogP contribution in [-0.2, 0) is 0 Å². The molecule has 0 aliphatic carbocycles. The van der Waals surface area contributed by atoms with Gasteiger partial charge in [-0.1, -0.05) is 6.07 Å². The number of anilines is 1. The molecule has 1 N–H and O–H groups in total. The monoisotopic (exact) mass is 248 g/mol. The zero-order valence-corrected chi connectivity index (χ0v) is 11.0. The Bertz CT molecular complexity index is 426. The van der Waals surface area contributed by atoms with Gasteiger partial charge >= 0.3 is 0 Å². The topological polar surface area (TPSA) is 33.7 Å². The molecular formula is C14H20N2O2. The number of rotatable bonds is 1. The van der Waals surface area contributed by atoms with Gasteiger partial charge in [-0.25, -0.2) is 0 Å². The predicted octanol–water partition coefficient (Wildman–Crippen LogP) is 1.64. The van der Waals surface area contributed by atoms with E-state index < -0.39 is 0 Å². The lowest BCUT2D eigenvalue weighted by Crippen LogP contribution is -2.54. The van der Waals surface area contributed by atoms with Gasteiger partial charge in [0.05, 0.1) is 5.69 Å². The van der Waals surface area contributed by atoms with E-state index in [9.17, 15) is 0 Å². The molecule has 0 amide bonds. The summed E-state index contributed by atoms with van der Waals surface area (Å²) in [7, 11) is 0. The van der Waals surface area contributed by atoms with Crippen molar-refractivity contribution in [3.8, 4) is 11.5 Å². The van der Waals surface area contributed by atoms with Crippen molar-refractivity contribution in [2.24, 2.45) is 0 Å². The van der Waals surface area contributed by atoms with Crippen LogP contribution in [0, 0.1) is 0 Å². The third kappa shape index (κ3) is 2.12. The fraction of sp³-hybridized carbons (Fsp3) is 0.571. The number of fused-ring (bicyclic) bond motifs is 1. The van der Waals surface area contributed by atoms with Crippen LogP contribution in [0.1, 0.15) is 13.8 Å². The second kappa shape index (κ2) is 4.69. The van der Waals surface area contributed by atoms with E-state index in [2.05, 4.69) is 30.1 Å². The molecule has 0 spiro atoms. The Hall–Kier alpha value is -1.42. The number of hydrogen-bond donors (Lipinski definition) is 1. The zero-order valence-electron chi connectivity index (χ0n) is 11.0. The van der Waals surface area contributed by atoms with Crippen molar-refractivity contribution in [2.75, 3.05) is 31.2 Å². The smallest absolute Gasteiger partial charge is 0.184 e. The molecule has 4 heteroatoms. The maximum atomic E-state index is 5.79. The highest BCUT2D eigenvalue weighted by Gasteiger charge is 2.25. The SMILES string of the molecule is CC1CN(c2cccc3c2OCCO3)CC(C)N1. The number of nitrogens with one attached hydrogen (secondary N) is 1. The minimum absolute atomic E-state index is 0.495. The van der Waals surface area contributed by atoms with Gasteiger partial charge in [-0.05, 0) is 26.0 Å². The van der Waals surface area contributed by atoms with Gasteiger partial charge in [-0.3, -0.25) is 0 Å². The molecule has 0 saturated carbocycles. The Morgan fingerprint density at radius 2 is 1.83 bits per heavy atom. The molecule has 2 unspecified atom stereocenters. The van der Waals surface area contributed by atoms with E-state index in [4.69, 9.17) is 9.47 Å². The summed E-state index contributed by atoms with van der Waals surface area (Å²) >= 11 is 0. The van der Waals surface area contributed by atoms with Crippen molar-refractivity contribution in [2.45, 2.75) is 25.9 Å². The molecule has 2 aliphatic heterocycles. The van der Waals surface area contributed by atoms with Crippen LogP contribution in [0.2, 0.25) is 0 Å². The second-order valence-corrected chi connectivity index (χ2v) is 5.18. The second-order valence-electron chi connectivity index (χ2n) is 5.18. The molecule has 2 aliphatic rings. The van der Waals surface area contributed by atoms with Crippen molar-refractivity contribution >= 4 is 5.69 Å². The lowest BCUT2D eigenvalue weighted by molar-refractivity contribution is 0.171. The van der Waals surface area contributed by atoms with Gasteiger partial charge < -0.3 is 19.7 Å². The van der Waals surface area contributed by atoms with Crippen LogP contribution in [-0.4, -0.2) is 38.4 Å². The average Bonchev–Trinajstić information content (AvgIpc) is 2.37. The van der Waals surface area contributed by atoms with Crippen LogP contribution >= 0.6 is 0 Å². The first kappa shape index (κ1) is 11.7. The molecule has 0 bridgehead atoms. The lowest BCUT2D eigenvalue weighted by atomic mass is 10.1. The number of hydrogen-bond acceptors (Lipinski definition) is 4. The summed E-state index contributed by atoms with van der Waals surface area (Å²) in [6.07, 6.45) is 0. The van der Waals surface area contributed by atoms with Gasteiger partial charge in [0.1, 0.15) is 13.2 Å². The summed E-state index contributed by atoms with van der Waals surface area (Å²) in [5.41, 5.74) is 1.16. The van der Waals surface area contributed by atoms with Crippen molar-refractivity contribution < 1.29 is 9.47 Å². The molecule has 1 fully saturated rings. The summed E-state index contributed by atoms with van der Waals surface area (Å²) in [4.78, 5) is 2.39. The molecule has 98 valence electrons. The van der Waals surface area contributed by atoms with Gasteiger partial charge in [0.2, 0.25) is 0 Å². The number of piperazine rings is 1. The largest absolute Gasteiger partial charge is 0.486 e. The lowest BCUT2D eigenvalue weighted by Gasteiger charge is -2.38. The summed E-state index contributed by atoms with van der Waals surface area (Å²) in [5.74, 6) is 1.78. The van der Waals surface area contributed by atoms with E-state index in [1.54, 1.807) is 0 Å². The highest BCUT2D eigenvalue weighted by Crippen LogP contribution is 2.39. The molecule has 4 nitrogen and oxygen atoms in total. The highest BCUT2D eigenvalue weighted by molar-refractivity contribution is 5.65. The van der Waals surface area contributed by atoms with Crippen molar-refractivity contribution in [1.29, 1.82) is 0 Å². The molecule has 3 rings (SSSR count).